The van der Waals surface area contributed by atoms with Gasteiger partial charge in [-0.15, -0.1) is 11.8 Å². The number of methoxy groups -OCH3 is 2. The monoisotopic (exact) mass is 323 g/mol. The highest BCUT2D eigenvalue weighted by Gasteiger charge is 2.45. The van der Waals surface area contributed by atoms with Crippen LogP contribution in [0.1, 0.15) is 12.0 Å². The zero-order valence-corrected chi connectivity index (χ0v) is 13.2. The molecular formula is C15H17NO5S. The number of carbonyl (C=O) groups excluding carboxylic acids is 1. The summed E-state index contributed by atoms with van der Waals surface area (Å²) in [5.74, 6) is 2.34. The van der Waals surface area contributed by atoms with Crippen LogP contribution in [-0.2, 0) is 19.1 Å². The maximum absolute atomic E-state index is 11.9. The molecule has 1 saturated heterocycles. The molecule has 22 heavy (non-hydrogen) atoms. The van der Waals surface area contributed by atoms with Gasteiger partial charge in [0.1, 0.15) is 28.4 Å². The second-order valence-electron chi connectivity index (χ2n) is 4.89. The van der Waals surface area contributed by atoms with Crippen LogP contribution in [0.15, 0.2) is 30.2 Å². The summed E-state index contributed by atoms with van der Waals surface area (Å²) in [6, 6.07) is 5.56. The number of ether oxygens (including phenoxy) is 4. The van der Waals surface area contributed by atoms with E-state index in [1.54, 1.807) is 20.5 Å². The fourth-order valence-corrected chi connectivity index (χ4v) is 3.89. The SMILES string of the molecule is COc1cccc(OC)c1C1(CC2=COCO2)NC(=O)CS1. The molecule has 3 rings (SSSR count). The van der Waals surface area contributed by atoms with Crippen LogP contribution < -0.4 is 14.8 Å². The van der Waals surface area contributed by atoms with Gasteiger partial charge in [-0.05, 0) is 12.1 Å². The van der Waals surface area contributed by atoms with Crippen molar-refractivity contribution in [3.05, 3.63) is 35.8 Å². The standard InChI is InChI=1S/C15H17NO5S/c1-18-11-4-3-5-12(19-2)14(11)15(16-13(17)8-22-15)6-10-7-20-9-21-10/h3-5,7H,6,8-9H2,1-2H3,(H,16,17). The van der Waals surface area contributed by atoms with E-state index in [9.17, 15) is 4.79 Å². The number of rotatable bonds is 5. The summed E-state index contributed by atoms with van der Waals surface area (Å²) in [5, 5.41) is 3.05. The fraction of sp³-hybridized carbons (Fsp3) is 0.400. The third-order valence-corrected chi connectivity index (χ3v) is 4.92. The minimum Gasteiger partial charge on any atom is -0.496 e. The van der Waals surface area contributed by atoms with Gasteiger partial charge in [-0.3, -0.25) is 4.79 Å². The van der Waals surface area contributed by atoms with Gasteiger partial charge in [-0.2, -0.15) is 0 Å². The Morgan fingerprint density at radius 2 is 2.05 bits per heavy atom. The summed E-state index contributed by atoms with van der Waals surface area (Å²) >= 11 is 1.50. The van der Waals surface area contributed by atoms with Crippen LogP contribution in [-0.4, -0.2) is 32.7 Å². The van der Waals surface area contributed by atoms with Crippen LogP contribution in [0.4, 0.5) is 0 Å². The Balaban J connectivity index is 2.08. The molecular weight excluding hydrogens is 306 g/mol. The van der Waals surface area contributed by atoms with Crippen LogP contribution in [0.5, 0.6) is 11.5 Å². The lowest BCUT2D eigenvalue weighted by Crippen LogP contribution is -2.38. The molecule has 1 N–H and O–H groups in total. The van der Waals surface area contributed by atoms with E-state index in [1.807, 2.05) is 18.2 Å². The van der Waals surface area contributed by atoms with Crippen molar-refractivity contribution in [2.24, 2.45) is 0 Å². The topological polar surface area (TPSA) is 66.0 Å². The average molecular weight is 323 g/mol. The molecule has 118 valence electrons. The minimum atomic E-state index is -0.700. The van der Waals surface area contributed by atoms with Crippen molar-refractivity contribution >= 4 is 17.7 Å². The molecule has 0 bridgehead atoms. The van der Waals surface area contributed by atoms with Crippen molar-refractivity contribution in [3.8, 4) is 11.5 Å². The van der Waals surface area contributed by atoms with E-state index in [2.05, 4.69) is 5.32 Å². The molecule has 2 heterocycles. The van der Waals surface area contributed by atoms with Gasteiger partial charge in [0, 0.05) is 6.42 Å². The maximum atomic E-state index is 11.9. The van der Waals surface area contributed by atoms with Crippen molar-refractivity contribution in [3.63, 3.8) is 0 Å². The molecule has 6 nitrogen and oxygen atoms in total. The Hall–Kier alpha value is -2.02. The Bertz CT molecular complexity index is 596. The second kappa shape index (κ2) is 6.00. The lowest BCUT2D eigenvalue weighted by molar-refractivity contribution is -0.118. The molecule has 0 aliphatic carbocycles. The smallest absolute Gasteiger partial charge is 0.231 e. The Morgan fingerprint density at radius 1 is 1.32 bits per heavy atom. The number of thioether (sulfide) groups is 1. The number of carbonyl (C=O) groups is 1. The van der Waals surface area contributed by atoms with Crippen LogP contribution in [0.2, 0.25) is 0 Å². The Labute approximate surface area is 132 Å². The van der Waals surface area contributed by atoms with Gasteiger partial charge in [0.25, 0.3) is 0 Å². The first-order valence-corrected chi connectivity index (χ1v) is 7.77. The van der Waals surface area contributed by atoms with E-state index >= 15 is 0 Å². The third-order valence-electron chi connectivity index (χ3n) is 3.57. The fourth-order valence-electron chi connectivity index (χ4n) is 2.66. The number of hydrogen-bond donors (Lipinski definition) is 1. The lowest BCUT2D eigenvalue weighted by atomic mass is 9.99. The molecule has 2 aliphatic rings. The maximum Gasteiger partial charge on any atom is 0.231 e. The molecule has 1 fully saturated rings. The molecule has 2 aliphatic heterocycles. The highest BCUT2D eigenvalue weighted by Crippen LogP contribution is 2.50. The van der Waals surface area contributed by atoms with Crippen molar-refractivity contribution in [2.75, 3.05) is 26.8 Å². The van der Waals surface area contributed by atoms with Gasteiger partial charge in [-0.1, -0.05) is 6.07 Å². The molecule has 7 heteroatoms. The first kappa shape index (κ1) is 14.9. The van der Waals surface area contributed by atoms with E-state index in [0.29, 0.717) is 29.4 Å². The molecule has 1 aromatic rings. The number of amides is 1. The summed E-state index contributed by atoms with van der Waals surface area (Å²) < 4.78 is 21.5. The predicted octanol–water partition coefficient (Wildman–Crippen LogP) is 1.96. The first-order chi connectivity index (χ1) is 10.7. The molecule has 0 spiro atoms. The molecule has 0 aromatic heterocycles. The van der Waals surface area contributed by atoms with Crippen molar-refractivity contribution < 1.29 is 23.7 Å². The molecule has 1 atom stereocenters. The molecule has 0 radical (unpaired) electrons. The summed E-state index contributed by atoms with van der Waals surface area (Å²) in [6.45, 7) is 0.201. The van der Waals surface area contributed by atoms with Gasteiger partial charge in [0.2, 0.25) is 12.7 Å². The zero-order chi connectivity index (χ0) is 15.6. The van der Waals surface area contributed by atoms with Gasteiger partial charge >= 0.3 is 0 Å². The average Bonchev–Trinajstić information content (AvgIpc) is 3.17. The van der Waals surface area contributed by atoms with E-state index < -0.39 is 4.87 Å². The van der Waals surface area contributed by atoms with Crippen LogP contribution >= 0.6 is 11.8 Å². The van der Waals surface area contributed by atoms with E-state index in [1.165, 1.54) is 11.8 Å². The minimum absolute atomic E-state index is 0.0301. The summed E-state index contributed by atoms with van der Waals surface area (Å²) in [6.07, 6.45) is 2.04. The lowest BCUT2D eigenvalue weighted by Gasteiger charge is -2.31. The highest BCUT2D eigenvalue weighted by molar-refractivity contribution is 8.01. The molecule has 1 unspecified atom stereocenters. The van der Waals surface area contributed by atoms with E-state index in [4.69, 9.17) is 18.9 Å². The Kier molecular flexibility index (Phi) is 4.06. The first-order valence-electron chi connectivity index (χ1n) is 6.78. The van der Waals surface area contributed by atoms with Crippen LogP contribution in [0.3, 0.4) is 0 Å². The quantitative estimate of drug-likeness (QED) is 0.893. The predicted molar refractivity (Wildman–Crippen MR) is 81.6 cm³/mol. The molecule has 1 amide bonds. The normalized spacial score (nSPS) is 23.4. The number of nitrogens with one attached hydrogen (secondary N) is 1. The number of benzene rings is 1. The van der Waals surface area contributed by atoms with Gasteiger partial charge in [0.15, 0.2) is 0 Å². The third kappa shape index (κ3) is 2.56. The molecule has 0 saturated carbocycles. The Morgan fingerprint density at radius 3 is 2.55 bits per heavy atom. The second-order valence-corrected chi connectivity index (χ2v) is 6.17. The highest BCUT2D eigenvalue weighted by atomic mass is 32.2. The van der Waals surface area contributed by atoms with Crippen molar-refractivity contribution in [1.82, 2.24) is 5.32 Å². The van der Waals surface area contributed by atoms with Gasteiger partial charge in [-0.25, -0.2) is 0 Å². The van der Waals surface area contributed by atoms with Gasteiger partial charge in [0.05, 0.1) is 25.5 Å². The summed E-state index contributed by atoms with van der Waals surface area (Å²) in [7, 11) is 3.20. The van der Waals surface area contributed by atoms with Crippen LogP contribution in [0, 0.1) is 0 Å². The van der Waals surface area contributed by atoms with Crippen molar-refractivity contribution in [1.29, 1.82) is 0 Å². The summed E-state index contributed by atoms with van der Waals surface area (Å²) in [5.41, 5.74) is 0.798. The van der Waals surface area contributed by atoms with Crippen LogP contribution in [0.25, 0.3) is 0 Å². The molecule has 1 aromatic carbocycles. The zero-order valence-electron chi connectivity index (χ0n) is 12.4. The van der Waals surface area contributed by atoms with Crippen molar-refractivity contribution in [2.45, 2.75) is 11.3 Å². The van der Waals surface area contributed by atoms with Gasteiger partial charge < -0.3 is 24.3 Å². The summed E-state index contributed by atoms with van der Waals surface area (Å²) in [4.78, 5) is 11.2. The van der Waals surface area contributed by atoms with E-state index in [-0.39, 0.29) is 12.7 Å². The van der Waals surface area contributed by atoms with E-state index in [0.717, 1.165) is 5.56 Å². The number of hydrogen-bond acceptors (Lipinski definition) is 6. The largest absolute Gasteiger partial charge is 0.496 e.